The summed E-state index contributed by atoms with van der Waals surface area (Å²) < 4.78 is 37.9. The first-order valence-electron chi connectivity index (χ1n) is 5.39. The lowest BCUT2D eigenvalue weighted by Gasteiger charge is -2.20. The minimum Gasteiger partial charge on any atom is -0.384 e. The molecular weight excluding hydrogens is 266 g/mol. The summed E-state index contributed by atoms with van der Waals surface area (Å²) in [4.78, 5) is 24.2. The minimum absolute atomic E-state index is 0.245. The molecule has 0 aromatic carbocycles. The van der Waals surface area contributed by atoms with Gasteiger partial charge in [0, 0.05) is 19.4 Å². The van der Waals surface area contributed by atoms with Crippen LogP contribution in [0.1, 0.15) is 6.23 Å². The molecule has 0 spiro atoms. The molecule has 2 rings (SSSR count). The molecule has 1 saturated heterocycles. The maximum Gasteiger partial charge on any atom is 0.330 e. The van der Waals surface area contributed by atoms with E-state index in [0.29, 0.717) is 4.57 Å². The van der Waals surface area contributed by atoms with Crippen molar-refractivity contribution in [3.8, 4) is 0 Å². The summed E-state index contributed by atoms with van der Waals surface area (Å²) in [6.45, 7) is -0.245. The molecule has 0 bridgehead atoms. The van der Waals surface area contributed by atoms with E-state index in [1.54, 1.807) is 0 Å². The van der Waals surface area contributed by atoms with Crippen molar-refractivity contribution in [2.24, 2.45) is 0 Å². The number of nitrogens with one attached hydrogen (secondary N) is 1. The standard InChI is InChI=1S/C10H12F2N2O5/c1-18-4-5-7(16)10(11,12)8(19-5)14-3-2-6(15)13-9(14)17/h2-3,5,7-8,16H,4H2,1H3,(H,13,15,17)/t5-,7?,8-/m0/s1. The van der Waals surface area contributed by atoms with Crippen molar-refractivity contribution < 1.29 is 23.4 Å². The van der Waals surface area contributed by atoms with Gasteiger partial charge in [0.05, 0.1) is 6.61 Å². The summed E-state index contributed by atoms with van der Waals surface area (Å²) >= 11 is 0. The third-order valence-electron chi connectivity index (χ3n) is 2.81. The number of alkyl halides is 2. The van der Waals surface area contributed by atoms with E-state index in [4.69, 9.17) is 4.74 Å². The van der Waals surface area contributed by atoms with E-state index in [0.717, 1.165) is 12.3 Å². The van der Waals surface area contributed by atoms with Crippen LogP contribution in [0, 0.1) is 0 Å². The fourth-order valence-corrected chi connectivity index (χ4v) is 1.88. The van der Waals surface area contributed by atoms with Crippen molar-refractivity contribution in [1.29, 1.82) is 0 Å². The fourth-order valence-electron chi connectivity index (χ4n) is 1.88. The fraction of sp³-hybridized carbons (Fsp3) is 0.600. The van der Waals surface area contributed by atoms with E-state index in [9.17, 15) is 23.5 Å². The molecule has 1 aliphatic rings. The van der Waals surface area contributed by atoms with Gasteiger partial charge in [-0.15, -0.1) is 0 Å². The first-order chi connectivity index (χ1) is 8.87. The SMILES string of the molecule is COC[C@@H]1O[C@H](n2ccc(=O)[nH]c2=O)C(F)(F)C1O. The number of aliphatic hydroxyl groups excluding tert-OH is 1. The predicted molar refractivity (Wildman–Crippen MR) is 58.1 cm³/mol. The highest BCUT2D eigenvalue weighted by Gasteiger charge is 2.59. The maximum atomic E-state index is 13.9. The van der Waals surface area contributed by atoms with Crippen molar-refractivity contribution in [2.75, 3.05) is 13.7 Å². The van der Waals surface area contributed by atoms with Gasteiger partial charge < -0.3 is 14.6 Å². The van der Waals surface area contributed by atoms with E-state index in [1.807, 2.05) is 4.98 Å². The number of H-pyrrole nitrogens is 1. The number of rotatable bonds is 3. The molecule has 9 heteroatoms. The van der Waals surface area contributed by atoms with Gasteiger partial charge in [0.25, 0.3) is 5.56 Å². The lowest BCUT2D eigenvalue weighted by atomic mass is 10.1. The zero-order chi connectivity index (χ0) is 14.2. The molecule has 0 saturated carbocycles. The van der Waals surface area contributed by atoms with Gasteiger partial charge in [-0.3, -0.25) is 14.3 Å². The molecule has 19 heavy (non-hydrogen) atoms. The first-order valence-corrected chi connectivity index (χ1v) is 5.39. The minimum atomic E-state index is -3.68. The monoisotopic (exact) mass is 278 g/mol. The molecule has 2 N–H and O–H groups in total. The van der Waals surface area contributed by atoms with E-state index in [2.05, 4.69) is 4.74 Å². The van der Waals surface area contributed by atoms with Crippen LogP contribution in [0.25, 0.3) is 0 Å². The number of aromatic amines is 1. The third-order valence-corrected chi connectivity index (χ3v) is 2.81. The maximum absolute atomic E-state index is 13.9. The van der Waals surface area contributed by atoms with E-state index < -0.39 is 35.6 Å². The van der Waals surface area contributed by atoms with Gasteiger partial charge in [-0.25, -0.2) is 4.79 Å². The Bertz CT molecular complexity index is 570. The van der Waals surface area contributed by atoms with Gasteiger partial charge in [-0.05, 0) is 0 Å². The van der Waals surface area contributed by atoms with Gasteiger partial charge in [0.1, 0.15) is 6.10 Å². The number of methoxy groups -OCH3 is 1. The van der Waals surface area contributed by atoms with Crippen molar-refractivity contribution in [1.82, 2.24) is 9.55 Å². The highest BCUT2D eigenvalue weighted by Crippen LogP contribution is 2.41. The second-order valence-corrected chi connectivity index (χ2v) is 4.12. The van der Waals surface area contributed by atoms with Gasteiger partial charge in [-0.2, -0.15) is 8.78 Å². The third kappa shape index (κ3) is 2.31. The van der Waals surface area contributed by atoms with Crippen LogP contribution < -0.4 is 11.2 Å². The topological polar surface area (TPSA) is 93.5 Å². The molecule has 2 heterocycles. The Balaban J connectivity index is 2.39. The molecule has 1 aliphatic heterocycles. The summed E-state index contributed by atoms with van der Waals surface area (Å²) in [7, 11) is 1.27. The number of hydrogen-bond donors (Lipinski definition) is 2. The van der Waals surface area contributed by atoms with Crippen molar-refractivity contribution in [3.05, 3.63) is 33.1 Å². The number of aliphatic hydroxyl groups is 1. The zero-order valence-electron chi connectivity index (χ0n) is 9.88. The Labute approximate surface area is 105 Å². The van der Waals surface area contributed by atoms with Crippen LogP contribution in [0.15, 0.2) is 21.9 Å². The van der Waals surface area contributed by atoms with E-state index in [-0.39, 0.29) is 6.61 Å². The van der Waals surface area contributed by atoms with Crippen LogP contribution in [-0.4, -0.2) is 46.5 Å². The molecular formula is C10H12F2N2O5. The van der Waals surface area contributed by atoms with Crippen molar-refractivity contribution >= 4 is 0 Å². The molecule has 1 aromatic heterocycles. The lowest BCUT2D eigenvalue weighted by Crippen LogP contribution is -2.42. The summed E-state index contributed by atoms with van der Waals surface area (Å²) in [6.07, 6.45) is -4.46. The molecule has 1 fully saturated rings. The highest BCUT2D eigenvalue weighted by atomic mass is 19.3. The van der Waals surface area contributed by atoms with Gasteiger partial charge in [0.15, 0.2) is 6.10 Å². The van der Waals surface area contributed by atoms with Gasteiger partial charge in [-0.1, -0.05) is 0 Å². The number of halogens is 2. The summed E-state index contributed by atoms with van der Waals surface area (Å²) in [6, 6.07) is 0.914. The number of aromatic nitrogens is 2. The molecule has 0 radical (unpaired) electrons. The zero-order valence-corrected chi connectivity index (χ0v) is 9.88. The van der Waals surface area contributed by atoms with E-state index >= 15 is 0 Å². The van der Waals surface area contributed by atoms with E-state index in [1.165, 1.54) is 7.11 Å². The van der Waals surface area contributed by atoms with Gasteiger partial charge in [0.2, 0.25) is 6.23 Å². The van der Waals surface area contributed by atoms with Crippen LogP contribution in [0.2, 0.25) is 0 Å². The average Bonchev–Trinajstić information content (AvgIpc) is 2.54. The highest BCUT2D eigenvalue weighted by molar-refractivity contribution is 4.97. The number of ether oxygens (including phenoxy) is 2. The summed E-state index contributed by atoms with van der Waals surface area (Å²) in [5.74, 6) is -3.68. The van der Waals surface area contributed by atoms with Crippen molar-refractivity contribution in [2.45, 2.75) is 24.4 Å². The van der Waals surface area contributed by atoms with Crippen LogP contribution >= 0.6 is 0 Å². The average molecular weight is 278 g/mol. The normalized spacial score (nSPS) is 29.6. The smallest absolute Gasteiger partial charge is 0.330 e. The second-order valence-electron chi connectivity index (χ2n) is 4.12. The van der Waals surface area contributed by atoms with Crippen LogP contribution in [0.3, 0.4) is 0 Å². The number of hydrogen-bond acceptors (Lipinski definition) is 5. The molecule has 1 unspecified atom stereocenters. The Kier molecular flexibility index (Phi) is 3.52. The lowest BCUT2D eigenvalue weighted by molar-refractivity contribution is -0.141. The molecule has 3 atom stereocenters. The van der Waals surface area contributed by atoms with Crippen LogP contribution in [0.5, 0.6) is 0 Å². The van der Waals surface area contributed by atoms with Gasteiger partial charge >= 0.3 is 11.6 Å². The predicted octanol–water partition coefficient (Wildman–Crippen LogP) is -0.923. The quantitative estimate of drug-likeness (QED) is 0.745. The molecule has 0 amide bonds. The summed E-state index contributed by atoms with van der Waals surface area (Å²) in [5.41, 5.74) is -1.75. The second kappa shape index (κ2) is 4.83. The molecule has 1 aromatic rings. The Morgan fingerprint density at radius 2 is 2.26 bits per heavy atom. The Hall–Kier alpha value is -1.58. The summed E-state index contributed by atoms with van der Waals surface area (Å²) in [5, 5.41) is 9.48. The molecule has 106 valence electrons. The Morgan fingerprint density at radius 3 is 2.84 bits per heavy atom. The largest absolute Gasteiger partial charge is 0.384 e. The molecule has 7 nitrogen and oxygen atoms in total. The van der Waals surface area contributed by atoms with Crippen molar-refractivity contribution in [3.63, 3.8) is 0 Å². The van der Waals surface area contributed by atoms with Crippen LogP contribution in [0.4, 0.5) is 8.78 Å². The number of nitrogens with zero attached hydrogens (tertiary/aromatic N) is 1. The Morgan fingerprint density at radius 1 is 1.58 bits per heavy atom. The first kappa shape index (κ1) is 13.8. The molecule has 0 aliphatic carbocycles. The van der Waals surface area contributed by atoms with Crippen LogP contribution in [-0.2, 0) is 9.47 Å².